The molecule has 0 heterocycles. The van der Waals surface area contributed by atoms with E-state index in [4.69, 9.17) is 0 Å². The Balaban J connectivity index is 2.63. The van der Waals surface area contributed by atoms with Crippen LogP contribution in [0.15, 0.2) is 24.3 Å². The van der Waals surface area contributed by atoms with Crippen LogP contribution in [0.5, 0.6) is 0 Å². The van der Waals surface area contributed by atoms with Crippen molar-refractivity contribution in [3.63, 3.8) is 0 Å². The average Bonchev–Trinajstić information content (AvgIpc) is 1.56. The van der Waals surface area contributed by atoms with Crippen molar-refractivity contribution in [2.24, 2.45) is 11.8 Å². The Morgan fingerprint density at radius 2 is 1.80 bits per heavy atom. The minimum Gasteiger partial charge on any atom is -0.299 e. The van der Waals surface area contributed by atoms with E-state index < -0.39 is 0 Å². The molecule has 2 atom stereocenters. The number of rotatable bonds is 2. The lowest BCUT2D eigenvalue weighted by Gasteiger charge is -2.27. The van der Waals surface area contributed by atoms with E-state index in [-0.39, 0.29) is 11.7 Å². The first-order valence-electron chi connectivity index (χ1n) is 3.47. The summed E-state index contributed by atoms with van der Waals surface area (Å²) in [5.41, 5.74) is 1.09. The first-order valence-corrected chi connectivity index (χ1v) is 3.47. The predicted octanol–water partition coefficient (Wildman–Crippen LogP) is 1.95. The lowest BCUT2D eigenvalue weighted by Crippen LogP contribution is -2.25. The summed E-state index contributed by atoms with van der Waals surface area (Å²) < 4.78 is 0. The summed E-state index contributed by atoms with van der Waals surface area (Å²) in [6.45, 7) is 7.40. The van der Waals surface area contributed by atoms with Gasteiger partial charge in [0.15, 0.2) is 0 Å². The predicted molar refractivity (Wildman–Crippen MR) is 41.6 cm³/mol. The quantitative estimate of drug-likeness (QED) is 0.530. The molecule has 0 aromatic rings. The Morgan fingerprint density at radius 3 is 1.90 bits per heavy atom. The van der Waals surface area contributed by atoms with Gasteiger partial charge in [-0.1, -0.05) is 24.3 Å². The van der Waals surface area contributed by atoms with Crippen LogP contribution in [0.2, 0.25) is 0 Å². The molecule has 0 radical (unpaired) electrons. The number of ketones is 1. The Labute approximate surface area is 61.4 Å². The van der Waals surface area contributed by atoms with Gasteiger partial charge in [-0.3, -0.25) is 4.79 Å². The molecule has 2 unspecified atom stereocenters. The molecule has 0 N–H and O–H groups in total. The zero-order valence-corrected chi connectivity index (χ0v) is 6.42. The van der Waals surface area contributed by atoms with E-state index >= 15 is 0 Å². The van der Waals surface area contributed by atoms with E-state index in [0.29, 0.717) is 5.92 Å². The molecule has 1 aliphatic carbocycles. The van der Waals surface area contributed by atoms with Gasteiger partial charge < -0.3 is 0 Å². The fourth-order valence-corrected chi connectivity index (χ4v) is 1.19. The van der Waals surface area contributed by atoms with Crippen molar-refractivity contribution >= 4 is 5.78 Å². The Hall–Kier alpha value is -0.850. The zero-order chi connectivity index (χ0) is 7.72. The molecule has 0 aromatic carbocycles. The molecule has 1 aliphatic rings. The summed E-state index contributed by atoms with van der Waals surface area (Å²) in [7, 11) is 0. The third-order valence-corrected chi connectivity index (χ3v) is 1.95. The molecule has 0 aliphatic heterocycles. The summed E-state index contributed by atoms with van der Waals surface area (Å²) in [6, 6.07) is 0. The molecule has 54 valence electrons. The van der Waals surface area contributed by atoms with Crippen molar-refractivity contribution < 1.29 is 4.79 Å². The summed E-state index contributed by atoms with van der Waals surface area (Å²) in [5, 5.41) is 0. The van der Waals surface area contributed by atoms with Gasteiger partial charge >= 0.3 is 0 Å². The molecule has 0 aromatic heterocycles. The van der Waals surface area contributed by atoms with E-state index in [9.17, 15) is 4.79 Å². The van der Waals surface area contributed by atoms with Gasteiger partial charge in [0.25, 0.3) is 0 Å². The molecule has 0 fully saturated rings. The van der Waals surface area contributed by atoms with Crippen molar-refractivity contribution in [2.75, 3.05) is 0 Å². The van der Waals surface area contributed by atoms with E-state index in [0.717, 1.165) is 5.57 Å². The van der Waals surface area contributed by atoms with E-state index in [1.54, 1.807) is 6.92 Å². The van der Waals surface area contributed by atoms with Crippen molar-refractivity contribution in [3.05, 3.63) is 24.3 Å². The topological polar surface area (TPSA) is 17.1 Å². The normalized spacial score (nSPS) is 29.4. The number of allylic oxidation sites excluding steroid dienone is 3. The van der Waals surface area contributed by atoms with E-state index in [1.165, 1.54) is 0 Å². The van der Waals surface area contributed by atoms with Crippen LogP contribution in [0.1, 0.15) is 13.8 Å². The third-order valence-electron chi connectivity index (χ3n) is 1.95. The third kappa shape index (κ3) is 1.04. The molecular weight excluding hydrogens is 124 g/mol. The minimum absolute atomic E-state index is 0.123. The SMILES string of the molecule is C=C(C)C1C=CC1C(C)=O. The molecule has 1 heteroatoms. The van der Waals surface area contributed by atoms with Crippen LogP contribution >= 0.6 is 0 Å². The number of hydrogen-bond donors (Lipinski definition) is 0. The number of carbonyl (C=O) groups is 1. The van der Waals surface area contributed by atoms with Crippen LogP contribution in [-0.4, -0.2) is 5.78 Å². The maximum Gasteiger partial charge on any atom is 0.137 e. The van der Waals surface area contributed by atoms with Gasteiger partial charge in [-0.25, -0.2) is 0 Å². The fraction of sp³-hybridized carbons (Fsp3) is 0.444. The lowest BCUT2D eigenvalue weighted by atomic mass is 9.76. The lowest BCUT2D eigenvalue weighted by molar-refractivity contribution is -0.120. The first kappa shape index (κ1) is 7.26. The van der Waals surface area contributed by atoms with Crippen LogP contribution in [-0.2, 0) is 4.79 Å². The second-order valence-corrected chi connectivity index (χ2v) is 2.89. The Bertz CT molecular complexity index is 179. The van der Waals surface area contributed by atoms with Gasteiger partial charge in [-0.05, 0) is 13.8 Å². The summed E-state index contributed by atoms with van der Waals surface area (Å²) in [4.78, 5) is 10.8. The summed E-state index contributed by atoms with van der Waals surface area (Å²) >= 11 is 0. The molecule has 1 nitrogen and oxygen atoms in total. The molecule has 0 amide bonds. The molecule has 0 bridgehead atoms. The number of hydrogen-bond acceptors (Lipinski definition) is 1. The molecule has 1 rings (SSSR count). The van der Waals surface area contributed by atoms with Crippen LogP contribution in [0.4, 0.5) is 0 Å². The smallest absolute Gasteiger partial charge is 0.137 e. The molecule has 10 heavy (non-hydrogen) atoms. The summed E-state index contributed by atoms with van der Waals surface area (Å²) in [5.74, 6) is 0.686. The van der Waals surface area contributed by atoms with Gasteiger partial charge in [0.1, 0.15) is 5.78 Å². The standard InChI is InChI=1S/C9H12O/c1-6(2)8-4-5-9(8)7(3)10/h4-5,8-9H,1H2,2-3H3. The summed E-state index contributed by atoms with van der Waals surface area (Å²) in [6.07, 6.45) is 3.98. The van der Waals surface area contributed by atoms with Crippen LogP contribution in [0.25, 0.3) is 0 Å². The highest BCUT2D eigenvalue weighted by molar-refractivity contribution is 5.82. The van der Waals surface area contributed by atoms with Crippen LogP contribution in [0, 0.1) is 11.8 Å². The molecular formula is C9H12O. The van der Waals surface area contributed by atoms with Gasteiger partial charge in [0.05, 0.1) is 0 Å². The largest absolute Gasteiger partial charge is 0.299 e. The number of Topliss-reactive ketones (excluding diaryl/α,β-unsaturated/α-hetero) is 1. The Morgan fingerprint density at radius 1 is 1.30 bits per heavy atom. The fourth-order valence-electron chi connectivity index (χ4n) is 1.19. The highest BCUT2D eigenvalue weighted by atomic mass is 16.1. The van der Waals surface area contributed by atoms with Crippen molar-refractivity contribution in [3.8, 4) is 0 Å². The van der Waals surface area contributed by atoms with Crippen molar-refractivity contribution in [2.45, 2.75) is 13.8 Å². The second kappa shape index (κ2) is 2.41. The Kier molecular flexibility index (Phi) is 1.75. The van der Waals surface area contributed by atoms with Gasteiger partial charge in [0, 0.05) is 11.8 Å². The van der Waals surface area contributed by atoms with Gasteiger partial charge in [-0.15, -0.1) is 0 Å². The van der Waals surface area contributed by atoms with E-state index in [2.05, 4.69) is 6.58 Å². The zero-order valence-electron chi connectivity index (χ0n) is 6.42. The highest BCUT2D eigenvalue weighted by Crippen LogP contribution is 2.31. The van der Waals surface area contributed by atoms with Crippen molar-refractivity contribution in [1.82, 2.24) is 0 Å². The van der Waals surface area contributed by atoms with Gasteiger partial charge in [-0.2, -0.15) is 0 Å². The monoisotopic (exact) mass is 136 g/mol. The highest BCUT2D eigenvalue weighted by Gasteiger charge is 2.27. The maximum atomic E-state index is 10.8. The maximum absolute atomic E-state index is 10.8. The molecule has 0 saturated heterocycles. The van der Waals surface area contributed by atoms with Crippen LogP contribution in [0.3, 0.4) is 0 Å². The van der Waals surface area contributed by atoms with Crippen molar-refractivity contribution in [1.29, 1.82) is 0 Å². The second-order valence-electron chi connectivity index (χ2n) is 2.89. The van der Waals surface area contributed by atoms with Crippen LogP contribution < -0.4 is 0 Å². The molecule has 0 spiro atoms. The first-order chi connectivity index (χ1) is 4.63. The van der Waals surface area contributed by atoms with E-state index in [1.807, 2.05) is 19.1 Å². The van der Waals surface area contributed by atoms with Gasteiger partial charge in [0.2, 0.25) is 0 Å². The number of carbonyl (C=O) groups excluding carboxylic acids is 1. The average molecular weight is 136 g/mol. The minimum atomic E-state index is 0.123. The molecule has 0 saturated carbocycles.